The quantitative estimate of drug-likeness (QED) is 0.0355. The molecule has 0 amide bonds. The van der Waals surface area contributed by atoms with Gasteiger partial charge in [-0.05, 0) is 287 Å². The summed E-state index contributed by atoms with van der Waals surface area (Å²) < 4.78 is 80.4. The molecule has 626 valence electrons. The fourth-order valence-corrected chi connectivity index (χ4v) is 14.5. The Morgan fingerprint density at radius 3 is 1.05 bits per heavy atom. The van der Waals surface area contributed by atoms with Crippen molar-refractivity contribution in [1.82, 2.24) is 70.9 Å². The fraction of sp³-hybridized carbons (Fsp3) is 0.0556. The molecule has 0 fully saturated rings. The van der Waals surface area contributed by atoms with Crippen molar-refractivity contribution >= 4 is 96.7 Å². The molecular weight excluding hydrogens is 1620 g/mol. The molecule has 21 heteroatoms. The van der Waals surface area contributed by atoms with E-state index in [-0.39, 0.29) is 0 Å². The highest BCUT2D eigenvalue weighted by atomic mass is 19.2. The first-order chi connectivity index (χ1) is 63.1. The van der Waals surface area contributed by atoms with E-state index in [2.05, 4.69) is 155 Å². The lowest BCUT2D eigenvalue weighted by atomic mass is 10.0. The maximum Gasteiger partial charge on any atom is 0.187 e. The number of nitrogens with zero attached hydrogens (tertiary/aromatic N) is 10. The molecule has 0 aliphatic heterocycles. The summed E-state index contributed by atoms with van der Waals surface area (Å²) in [5, 5.41) is 41.6. The van der Waals surface area contributed by atoms with E-state index in [4.69, 9.17) is 6.57 Å². The number of pyridine rings is 4. The smallest absolute Gasteiger partial charge is 0.187 e. The first kappa shape index (κ1) is 85.3. The van der Waals surface area contributed by atoms with Crippen LogP contribution in [0, 0.1) is 72.1 Å². The van der Waals surface area contributed by atoms with Gasteiger partial charge in [0, 0.05) is 82.3 Å². The second-order valence-electron chi connectivity index (χ2n) is 30.3. The molecule has 20 rings (SSSR count). The first-order valence-corrected chi connectivity index (χ1v) is 41.1. The second kappa shape index (κ2) is 41.3. The van der Waals surface area contributed by atoms with Gasteiger partial charge >= 0.3 is 0 Å². The molecular formula is C108H77F6N15. The lowest BCUT2D eigenvalue weighted by Gasteiger charge is -2.03. The molecule has 20 aromatic rings. The van der Waals surface area contributed by atoms with Gasteiger partial charge in [-0.2, -0.15) is 25.5 Å². The van der Waals surface area contributed by atoms with E-state index < -0.39 is 34.9 Å². The molecule has 5 N–H and O–H groups in total. The van der Waals surface area contributed by atoms with Crippen molar-refractivity contribution < 1.29 is 26.3 Å². The van der Waals surface area contributed by atoms with Crippen LogP contribution in [-0.2, 0) is 32.1 Å². The van der Waals surface area contributed by atoms with Crippen LogP contribution in [0.1, 0.15) is 118 Å². The Morgan fingerprint density at radius 1 is 0.287 bits per heavy atom. The summed E-state index contributed by atoms with van der Waals surface area (Å²) in [6.45, 7) is 9.26. The highest BCUT2D eigenvalue weighted by Gasteiger charge is 2.14. The molecule has 15 nitrogen and oxygen atoms in total. The van der Waals surface area contributed by atoms with Crippen LogP contribution in [0.2, 0.25) is 0 Å². The molecule has 129 heavy (non-hydrogen) atoms. The van der Waals surface area contributed by atoms with E-state index in [0.717, 1.165) is 170 Å². The number of hydrogen-bond acceptors (Lipinski definition) is 9. The van der Waals surface area contributed by atoms with Gasteiger partial charge < -0.3 is 0 Å². The SMILES string of the molecule is Cc1cccc(Cc2ccc3n[nH]c(C#Cc4ccccn4)c3c2)c1.Fc1cc(F)cc(Cc2ccc3n[nH]c(/C=C/c4ccccc4)c3c2)c1.Fc1cc(F)cc(Cc2ccc3n[nH]c(/C=C/c4cccnc4)c3c2)c1.Fc1cc(F)cc(Cc2ccc3n[nH]c(/C=C/c4ccncc4)c3c2)c1.[C-]#[N+]c1cccc(Cc2ccc3n[nH]c(C#Cc4ccccn4)c3c2)c1. The zero-order valence-corrected chi connectivity index (χ0v) is 69.3. The summed E-state index contributed by atoms with van der Waals surface area (Å²) in [7, 11) is 0. The van der Waals surface area contributed by atoms with Crippen molar-refractivity contribution in [3.63, 3.8) is 0 Å². The molecule has 0 spiro atoms. The molecule has 0 aliphatic carbocycles. The van der Waals surface area contributed by atoms with Crippen molar-refractivity contribution in [3.8, 4) is 23.7 Å². The van der Waals surface area contributed by atoms with Crippen molar-refractivity contribution in [1.29, 1.82) is 0 Å². The van der Waals surface area contributed by atoms with Crippen molar-refractivity contribution in [2.45, 2.75) is 39.0 Å². The Morgan fingerprint density at radius 2 is 0.651 bits per heavy atom. The third kappa shape index (κ3) is 23.6. The van der Waals surface area contributed by atoms with E-state index in [1.54, 1.807) is 37.2 Å². The summed E-state index contributed by atoms with van der Waals surface area (Å²) in [5.41, 5.74) is 24.7. The minimum absolute atomic E-state index is 0.446. The van der Waals surface area contributed by atoms with Gasteiger partial charge in [0.15, 0.2) is 5.69 Å². The average Bonchev–Trinajstić information content (AvgIpc) is 1.70. The van der Waals surface area contributed by atoms with Gasteiger partial charge in [-0.15, -0.1) is 0 Å². The Labute approximate surface area is 738 Å². The van der Waals surface area contributed by atoms with Crippen LogP contribution in [-0.4, -0.2) is 70.9 Å². The standard InChI is InChI=1S/C22H16F2N2.C22H14N4.C22H17N3.2C21H15F2N3/c23-18-11-17(12-19(24)14-18)10-16-7-9-22-20(13-16)21(25-26-22)8-6-15-4-2-1-3-5-15;1-23-19-7-4-5-16(14-19)13-17-8-10-21-20(15-17)22(26-25-21)11-9-18-6-2-3-12-24-18;1-16-5-4-6-17(13-16)14-18-8-10-21-20(15-18)22(25-24-21)11-9-19-7-2-3-12-23-19;22-17-10-16(11-18(23)13-17)9-15-2-4-21-19(12-15)20(25-26-21)3-1-14-5-7-24-8-6-14;22-17-9-16(10-18(23)12-17)8-15-4-6-21-19(11-15)20(25-26-21)5-3-14-2-1-7-24-13-14/h1-9,11-14H,10H2,(H,25,26);2-8,10,12,14-15H,13H2,(H,25,26);2-8,10,12-13,15H,14H2,1H3,(H,24,25);1-8,10-13H,9H2,(H,25,26);1-7,9-13H,8H2,(H,25,26)/b8-6+;;;3-1+;5-3+. The number of halogens is 6. The predicted molar refractivity (Wildman–Crippen MR) is 500 cm³/mol. The topological polar surface area (TPSA) is 199 Å². The summed E-state index contributed by atoms with van der Waals surface area (Å²) in [6.07, 6.45) is 25.3. The Bertz CT molecular complexity index is 7120. The number of nitrogens with one attached hydrogen (secondary N) is 5. The average molecular weight is 1700 g/mol. The summed E-state index contributed by atoms with van der Waals surface area (Å²) in [4.78, 5) is 20.0. The van der Waals surface area contributed by atoms with Gasteiger partial charge in [-0.1, -0.05) is 157 Å². The summed E-state index contributed by atoms with van der Waals surface area (Å²) >= 11 is 0. The van der Waals surface area contributed by atoms with Gasteiger partial charge in [0.25, 0.3) is 0 Å². The van der Waals surface area contributed by atoms with Gasteiger partial charge in [0.05, 0.1) is 51.2 Å². The number of aromatic amines is 5. The Hall–Kier alpha value is -17.2. The van der Waals surface area contributed by atoms with Gasteiger partial charge in [0.1, 0.15) is 57.7 Å². The van der Waals surface area contributed by atoms with Crippen LogP contribution < -0.4 is 0 Å². The van der Waals surface area contributed by atoms with Crippen LogP contribution >= 0.6 is 0 Å². The van der Waals surface area contributed by atoms with Crippen LogP contribution in [0.3, 0.4) is 0 Å². The number of benzene rings is 11. The van der Waals surface area contributed by atoms with Crippen LogP contribution in [0.15, 0.2) is 322 Å². The molecule has 0 bridgehead atoms. The van der Waals surface area contributed by atoms with E-state index in [9.17, 15) is 26.3 Å². The summed E-state index contributed by atoms with van der Waals surface area (Å²) in [5.74, 6) is 9.04. The lowest BCUT2D eigenvalue weighted by molar-refractivity contribution is 0.579. The fourth-order valence-electron chi connectivity index (χ4n) is 14.5. The highest BCUT2D eigenvalue weighted by molar-refractivity contribution is 5.93. The van der Waals surface area contributed by atoms with Crippen LogP contribution in [0.4, 0.5) is 32.0 Å². The lowest BCUT2D eigenvalue weighted by Crippen LogP contribution is -1.91. The molecule has 0 unspecified atom stereocenters. The van der Waals surface area contributed by atoms with Crippen molar-refractivity contribution in [2.24, 2.45) is 0 Å². The van der Waals surface area contributed by atoms with E-state index in [1.165, 1.54) is 53.1 Å². The molecule has 0 saturated carbocycles. The molecule has 0 aliphatic rings. The van der Waals surface area contributed by atoms with Crippen molar-refractivity contribution in [2.75, 3.05) is 0 Å². The molecule has 9 heterocycles. The maximum absolute atomic E-state index is 13.4. The van der Waals surface area contributed by atoms with Crippen molar-refractivity contribution in [3.05, 3.63) is 486 Å². The minimum Gasteiger partial charge on any atom is -0.277 e. The van der Waals surface area contributed by atoms with E-state index in [1.807, 2.05) is 218 Å². The Balaban J connectivity index is 0.000000118. The maximum atomic E-state index is 13.4. The van der Waals surface area contributed by atoms with E-state index >= 15 is 0 Å². The molecule has 11 aromatic carbocycles. The zero-order valence-electron chi connectivity index (χ0n) is 69.3. The normalized spacial score (nSPS) is 11.0. The van der Waals surface area contributed by atoms with Gasteiger partial charge in [0.2, 0.25) is 0 Å². The third-order valence-electron chi connectivity index (χ3n) is 20.6. The van der Waals surface area contributed by atoms with Gasteiger partial charge in [-0.3, -0.25) is 35.5 Å². The third-order valence-corrected chi connectivity index (χ3v) is 20.6. The van der Waals surface area contributed by atoms with E-state index in [0.29, 0.717) is 41.6 Å². The number of aryl methyl sites for hydroxylation is 1. The largest absolute Gasteiger partial charge is 0.277 e. The molecule has 0 saturated heterocycles. The monoisotopic (exact) mass is 1700 g/mol. The number of fused-ring (bicyclic) bond motifs is 5. The van der Waals surface area contributed by atoms with Crippen LogP contribution in [0.5, 0.6) is 0 Å². The first-order valence-electron chi connectivity index (χ1n) is 41.1. The van der Waals surface area contributed by atoms with Gasteiger partial charge in [-0.25, -0.2) is 41.2 Å². The Kier molecular flexibility index (Phi) is 27.3. The van der Waals surface area contributed by atoms with Crippen LogP contribution in [0.25, 0.3) is 95.8 Å². The highest BCUT2D eigenvalue weighted by Crippen LogP contribution is 2.29. The predicted octanol–water partition coefficient (Wildman–Crippen LogP) is 24.4. The summed E-state index contributed by atoms with van der Waals surface area (Å²) in [6, 6.07) is 86.1. The number of H-pyrrole nitrogens is 5. The molecule has 9 aromatic heterocycles. The molecule has 0 radical (unpaired) electrons. The second-order valence-corrected chi connectivity index (χ2v) is 30.3. The number of rotatable bonds is 16. The number of aromatic nitrogens is 14. The minimum atomic E-state index is -0.565. The zero-order chi connectivity index (χ0) is 88.6. The molecule has 0 atom stereocenters. The number of hydrogen-bond donors (Lipinski definition) is 5.